The number of Topliss-reactive ketones (excluding diaryl/α,β-unsaturated/α-hetero) is 1. The van der Waals surface area contributed by atoms with E-state index >= 15 is 0 Å². The molecule has 0 saturated heterocycles. The van der Waals surface area contributed by atoms with Crippen LogP contribution in [0.1, 0.15) is 10.4 Å². The van der Waals surface area contributed by atoms with Gasteiger partial charge in [0.2, 0.25) is 0 Å². The number of carbonyl (C=O) groups is 1. The molecule has 0 aliphatic heterocycles. The van der Waals surface area contributed by atoms with E-state index in [2.05, 4.69) is 0 Å². The lowest BCUT2D eigenvalue weighted by molar-refractivity contribution is 0.101. The van der Waals surface area contributed by atoms with Gasteiger partial charge in [-0.2, -0.15) is 0 Å². The monoisotopic (exact) mass is 161 g/mol. The third-order valence-corrected chi connectivity index (χ3v) is 1.56. The Labute approximate surface area is 72.5 Å². The van der Waals surface area contributed by atoms with Crippen LogP contribution >= 0.6 is 0 Å². The van der Waals surface area contributed by atoms with Crippen molar-refractivity contribution >= 4 is 13.1 Å². The van der Waals surface area contributed by atoms with Crippen molar-refractivity contribution in [1.82, 2.24) is 0 Å². The summed E-state index contributed by atoms with van der Waals surface area (Å²) in [5.74, 6) is 0.172. The van der Waals surface area contributed by atoms with Crippen molar-refractivity contribution in [3.05, 3.63) is 29.8 Å². The summed E-state index contributed by atoms with van der Waals surface area (Å²) in [6.07, 6.45) is 0.420. The average Bonchev–Trinajstić information content (AvgIpc) is 2.05. The normalized spacial score (nSPS) is 9.42. The molecular weight excluding hydrogens is 151 g/mol. The molecule has 0 saturated carbocycles. The minimum absolute atomic E-state index is 0.0356. The summed E-state index contributed by atoms with van der Waals surface area (Å²) in [4.78, 5) is 11.3. The fraction of sp³-hybridized carbons (Fsp3) is 0.222. The lowest BCUT2D eigenvalue weighted by Crippen LogP contribution is -2.00. The predicted octanol–water partition coefficient (Wildman–Crippen LogP) is 1.75. The van der Waals surface area contributed by atoms with Crippen LogP contribution in [0.15, 0.2) is 24.3 Å². The fourth-order valence-electron chi connectivity index (χ4n) is 0.983. The van der Waals surface area contributed by atoms with E-state index in [1.165, 1.54) is 6.07 Å². The fourth-order valence-corrected chi connectivity index (χ4v) is 0.983. The van der Waals surface area contributed by atoms with Crippen molar-refractivity contribution in [2.45, 2.75) is 13.1 Å². The number of phenols is 1. The van der Waals surface area contributed by atoms with Gasteiger partial charge in [0.25, 0.3) is 0 Å². The van der Waals surface area contributed by atoms with Gasteiger partial charge in [-0.25, -0.2) is 0 Å². The summed E-state index contributed by atoms with van der Waals surface area (Å²) in [6, 6.07) is 6.39. The second-order valence-electron chi connectivity index (χ2n) is 2.59. The second kappa shape index (κ2) is 3.95. The van der Waals surface area contributed by atoms with Gasteiger partial charge in [-0.15, -0.1) is 0 Å². The first-order valence-corrected chi connectivity index (χ1v) is 3.84. The van der Waals surface area contributed by atoms with E-state index in [0.717, 1.165) is 0 Å². The van der Waals surface area contributed by atoms with Gasteiger partial charge in [0.1, 0.15) is 13.0 Å². The van der Waals surface area contributed by atoms with Crippen LogP contribution in [0.4, 0.5) is 0 Å². The van der Waals surface area contributed by atoms with Gasteiger partial charge in [0.05, 0.1) is 0 Å². The highest BCUT2D eigenvalue weighted by Gasteiger charge is 2.03. The van der Waals surface area contributed by atoms with Crippen molar-refractivity contribution in [2.75, 3.05) is 0 Å². The van der Waals surface area contributed by atoms with Crippen molar-refractivity contribution in [2.24, 2.45) is 0 Å². The van der Waals surface area contributed by atoms with Crippen LogP contribution in [0.3, 0.4) is 0 Å². The largest absolute Gasteiger partial charge is 0.508 e. The maximum absolute atomic E-state index is 11.3. The summed E-state index contributed by atoms with van der Waals surface area (Å²) in [5.41, 5.74) is 0.563. The van der Waals surface area contributed by atoms with Crippen LogP contribution in [0.5, 0.6) is 5.75 Å². The number of hydrogen-bond acceptors (Lipinski definition) is 2. The van der Waals surface area contributed by atoms with Gasteiger partial charge in [0.15, 0.2) is 5.78 Å². The van der Waals surface area contributed by atoms with E-state index < -0.39 is 0 Å². The minimum Gasteiger partial charge on any atom is -0.508 e. The van der Waals surface area contributed by atoms with E-state index in [4.69, 9.17) is 5.11 Å². The molecule has 1 aromatic rings. The third-order valence-electron chi connectivity index (χ3n) is 1.56. The van der Waals surface area contributed by atoms with Gasteiger partial charge in [-0.3, -0.25) is 4.79 Å². The van der Waals surface area contributed by atoms with Crippen molar-refractivity contribution in [3.63, 3.8) is 0 Å². The first kappa shape index (κ1) is 8.85. The van der Waals surface area contributed by atoms with Gasteiger partial charge in [-0.1, -0.05) is 19.0 Å². The van der Waals surface area contributed by atoms with Crippen LogP contribution in [0, 0.1) is 0 Å². The van der Waals surface area contributed by atoms with Gasteiger partial charge in [0, 0.05) is 5.56 Å². The van der Waals surface area contributed by atoms with Crippen LogP contribution in [0.2, 0.25) is 13.1 Å². The molecule has 0 fully saturated rings. The summed E-state index contributed by atoms with van der Waals surface area (Å²) < 4.78 is 0. The Balaban J connectivity index is 2.81. The smallest absolute Gasteiger partial charge is 0.155 e. The quantitative estimate of drug-likeness (QED) is 0.541. The number of rotatable bonds is 3. The molecule has 1 aromatic carbocycles. The van der Waals surface area contributed by atoms with Crippen LogP contribution in [-0.2, 0) is 0 Å². The Morgan fingerprint density at radius 2 is 2.33 bits per heavy atom. The Bertz CT molecular complexity index is 284. The highest BCUT2D eigenvalue weighted by molar-refractivity contribution is 6.41. The Morgan fingerprint density at radius 1 is 1.58 bits per heavy atom. The lowest BCUT2D eigenvalue weighted by atomic mass is 9.75. The molecule has 61 valence electrons. The molecule has 0 bridgehead atoms. The van der Waals surface area contributed by atoms with E-state index in [0.29, 0.717) is 11.9 Å². The molecule has 1 radical (unpaired) electrons. The third kappa shape index (κ3) is 2.12. The van der Waals surface area contributed by atoms with Crippen LogP contribution in [0.25, 0.3) is 0 Å². The van der Waals surface area contributed by atoms with Crippen LogP contribution < -0.4 is 0 Å². The second-order valence-corrected chi connectivity index (χ2v) is 2.59. The average molecular weight is 161 g/mol. The molecule has 1 rings (SSSR count). The standard InChI is InChI=1S/C9H10BO2/c1-10-6-9(12)7-3-2-4-8(11)5-7/h2-5,11H,6H2,1H3. The minimum atomic E-state index is 0.0356. The molecule has 3 heteroatoms. The van der Waals surface area contributed by atoms with E-state index in [-0.39, 0.29) is 11.5 Å². The maximum atomic E-state index is 11.3. The predicted molar refractivity (Wildman–Crippen MR) is 48.9 cm³/mol. The summed E-state index contributed by atoms with van der Waals surface area (Å²) >= 11 is 0. The van der Waals surface area contributed by atoms with Crippen molar-refractivity contribution in [1.29, 1.82) is 0 Å². The number of aromatic hydroxyl groups is 1. The molecule has 0 aliphatic carbocycles. The molecule has 0 amide bonds. The molecule has 0 aromatic heterocycles. The number of ketones is 1. The van der Waals surface area contributed by atoms with E-state index in [9.17, 15) is 4.79 Å². The number of benzene rings is 1. The molecule has 0 aliphatic rings. The number of hydrogen-bond donors (Lipinski definition) is 1. The molecule has 0 heterocycles. The molecule has 0 spiro atoms. The van der Waals surface area contributed by atoms with Crippen LogP contribution in [-0.4, -0.2) is 18.2 Å². The number of phenolic OH excluding ortho intramolecular Hbond substituents is 1. The molecule has 0 atom stereocenters. The van der Waals surface area contributed by atoms with Crippen molar-refractivity contribution in [3.8, 4) is 5.75 Å². The molecule has 1 N–H and O–H groups in total. The first-order valence-electron chi connectivity index (χ1n) is 3.84. The highest BCUT2D eigenvalue weighted by atomic mass is 16.3. The van der Waals surface area contributed by atoms with E-state index in [1.54, 1.807) is 25.5 Å². The summed E-state index contributed by atoms with van der Waals surface area (Å²) in [6.45, 7) is 1.83. The zero-order chi connectivity index (χ0) is 8.97. The summed E-state index contributed by atoms with van der Waals surface area (Å²) in [5, 5.41) is 9.07. The number of carbonyl (C=O) groups excluding carboxylic acids is 1. The zero-order valence-electron chi connectivity index (χ0n) is 6.95. The van der Waals surface area contributed by atoms with E-state index in [1.807, 2.05) is 6.82 Å². The molecule has 2 nitrogen and oxygen atoms in total. The first-order chi connectivity index (χ1) is 5.74. The van der Waals surface area contributed by atoms with Gasteiger partial charge >= 0.3 is 0 Å². The molecule has 12 heavy (non-hydrogen) atoms. The molecule has 0 unspecified atom stereocenters. The Hall–Kier alpha value is -1.25. The Morgan fingerprint density at radius 3 is 2.92 bits per heavy atom. The topological polar surface area (TPSA) is 37.3 Å². The van der Waals surface area contributed by atoms with Gasteiger partial charge in [-0.05, 0) is 18.5 Å². The molecular formula is C9H10BO2. The lowest BCUT2D eigenvalue weighted by Gasteiger charge is -1.98. The van der Waals surface area contributed by atoms with Gasteiger partial charge < -0.3 is 5.11 Å². The SMILES string of the molecule is C[B]CC(=O)c1cccc(O)c1. The Kier molecular flexibility index (Phi) is 2.91. The zero-order valence-corrected chi connectivity index (χ0v) is 6.95. The van der Waals surface area contributed by atoms with Crippen molar-refractivity contribution < 1.29 is 9.90 Å². The summed E-state index contributed by atoms with van der Waals surface area (Å²) in [7, 11) is 1.80. The maximum Gasteiger partial charge on any atom is 0.155 e. The highest BCUT2D eigenvalue weighted by Crippen LogP contribution is 2.12.